The topological polar surface area (TPSA) is 41.6 Å². The molecule has 1 amide bonds. The molecule has 1 saturated heterocycles. The minimum atomic E-state index is -0.308. The average Bonchev–Trinajstić information content (AvgIpc) is 2.52. The van der Waals surface area contributed by atoms with Gasteiger partial charge in [0.25, 0.3) is 5.91 Å². The zero-order valence-corrected chi connectivity index (χ0v) is 12.5. The summed E-state index contributed by atoms with van der Waals surface area (Å²) >= 11 is 0. The van der Waals surface area contributed by atoms with Crippen molar-refractivity contribution in [2.45, 2.75) is 19.3 Å². The summed E-state index contributed by atoms with van der Waals surface area (Å²) in [6.45, 7) is 2.67. The van der Waals surface area contributed by atoms with E-state index in [2.05, 4.69) is 5.32 Å². The van der Waals surface area contributed by atoms with Gasteiger partial charge in [-0.2, -0.15) is 0 Å². The van der Waals surface area contributed by atoms with Gasteiger partial charge in [0.2, 0.25) is 0 Å². The number of hydrogen-bond donors (Lipinski definition) is 1. The Morgan fingerprint density at radius 3 is 2.62 bits per heavy atom. The van der Waals surface area contributed by atoms with Gasteiger partial charge in [-0.1, -0.05) is 0 Å². The summed E-state index contributed by atoms with van der Waals surface area (Å²) < 4.78 is 18.2. The van der Waals surface area contributed by atoms with Crippen LogP contribution in [0, 0.1) is 11.7 Å². The van der Waals surface area contributed by atoms with Crippen LogP contribution in [0.5, 0.6) is 5.75 Å². The normalized spacial score (nSPS) is 16.0. The van der Waals surface area contributed by atoms with Gasteiger partial charge in [-0.3, -0.25) is 4.79 Å². The molecule has 0 bridgehead atoms. The second kappa shape index (κ2) is 7.98. The number of carbonyl (C=O) groups is 1. The van der Waals surface area contributed by atoms with E-state index in [0.29, 0.717) is 11.7 Å². The smallest absolute Gasteiger partial charge is 0.260 e. The molecule has 0 aliphatic carbocycles. The second-order valence-corrected chi connectivity index (χ2v) is 5.46. The van der Waals surface area contributed by atoms with Crippen molar-refractivity contribution in [3.8, 4) is 5.75 Å². The Bertz CT molecular complexity index is 442. The van der Waals surface area contributed by atoms with Gasteiger partial charge in [0.15, 0.2) is 6.61 Å². The number of ether oxygens (including phenoxy) is 1. The largest absolute Gasteiger partial charge is 0.484 e. The third kappa shape index (κ3) is 5.01. The molecule has 1 aliphatic heterocycles. The Balaban J connectivity index is 1.71. The molecule has 1 N–H and O–H groups in total. The predicted octanol–water partition coefficient (Wildman–Crippen LogP) is 2.05. The molecular weight excluding hydrogens is 271 g/mol. The van der Waals surface area contributed by atoms with Crippen molar-refractivity contribution < 1.29 is 13.9 Å². The lowest BCUT2D eigenvalue weighted by molar-refractivity contribution is -0.134. The van der Waals surface area contributed by atoms with Gasteiger partial charge in [0.1, 0.15) is 11.6 Å². The molecule has 116 valence electrons. The van der Waals surface area contributed by atoms with Crippen molar-refractivity contribution in [1.82, 2.24) is 10.2 Å². The van der Waals surface area contributed by atoms with Gasteiger partial charge >= 0.3 is 0 Å². The summed E-state index contributed by atoms with van der Waals surface area (Å²) in [6.07, 6.45) is 3.29. The summed E-state index contributed by atoms with van der Waals surface area (Å²) in [4.78, 5) is 13.9. The Labute approximate surface area is 125 Å². The fraction of sp³-hybridized carbons (Fsp3) is 0.562. The molecule has 0 spiro atoms. The lowest BCUT2D eigenvalue weighted by Gasteiger charge is -2.32. The quantitative estimate of drug-likeness (QED) is 0.873. The van der Waals surface area contributed by atoms with Crippen molar-refractivity contribution in [3.63, 3.8) is 0 Å². The van der Waals surface area contributed by atoms with Crippen LogP contribution < -0.4 is 10.1 Å². The maximum Gasteiger partial charge on any atom is 0.260 e. The highest BCUT2D eigenvalue weighted by molar-refractivity contribution is 5.77. The summed E-state index contributed by atoms with van der Waals surface area (Å²) in [5, 5.41) is 3.16. The Morgan fingerprint density at radius 2 is 2.00 bits per heavy atom. The minimum absolute atomic E-state index is 0.00592. The van der Waals surface area contributed by atoms with Crippen LogP contribution in [0.15, 0.2) is 24.3 Å². The van der Waals surface area contributed by atoms with Crippen LogP contribution in [0.3, 0.4) is 0 Å². The molecule has 1 fully saturated rings. The van der Waals surface area contributed by atoms with Gasteiger partial charge in [0, 0.05) is 13.1 Å². The van der Waals surface area contributed by atoms with Crippen LogP contribution in [0.1, 0.15) is 19.3 Å². The number of nitrogens with one attached hydrogen (secondary N) is 1. The first kappa shape index (κ1) is 15.8. The zero-order valence-electron chi connectivity index (χ0n) is 12.5. The molecule has 0 atom stereocenters. The molecule has 2 rings (SSSR count). The first-order chi connectivity index (χ1) is 10.2. The molecule has 1 heterocycles. The maximum atomic E-state index is 12.8. The number of rotatable bonds is 6. The van der Waals surface area contributed by atoms with E-state index in [0.717, 1.165) is 32.5 Å². The van der Waals surface area contributed by atoms with Gasteiger partial charge in [-0.15, -0.1) is 0 Å². The molecule has 1 aliphatic rings. The molecule has 21 heavy (non-hydrogen) atoms. The first-order valence-electron chi connectivity index (χ1n) is 7.50. The third-order valence-corrected chi connectivity index (χ3v) is 3.95. The van der Waals surface area contributed by atoms with E-state index >= 15 is 0 Å². The summed E-state index contributed by atoms with van der Waals surface area (Å²) in [5.41, 5.74) is 0. The lowest BCUT2D eigenvalue weighted by atomic mass is 9.93. The first-order valence-corrected chi connectivity index (χ1v) is 7.50. The molecule has 0 saturated carbocycles. The molecule has 0 aromatic heterocycles. The standard InChI is InChI=1S/C16H23FN2O2/c1-18-9-6-13-7-10-19(11-8-13)16(20)12-21-15-4-2-14(17)3-5-15/h2-5,13,18H,6-12H2,1H3. The van der Waals surface area contributed by atoms with Gasteiger partial charge in [-0.25, -0.2) is 4.39 Å². The van der Waals surface area contributed by atoms with Crippen molar-refractivity contribution in [3.05, 3.63) is 30.1 Å². The molecule has 0 radical (unpaired) electrons. The van der Waals surface area contributed by atoms with Gasteiger partial charge in [0.05, 0.1) is 0 Å². The highest BCUT2D eigenvalue weighted by Gasteiger charge is 2.22. The third-order valence-electron chi connectivity index (χ3n) is 3.95. The Morgan fingerprint density at radius 1 is 1.33 bits per heavy atom. The summed E-state index contributed by atoms with van der Waals surface area (Å²) in [5.74, 6) is 0.928. The van der Waals surface area contributed by atoms with Crippen LogP contribution in [0.2, 0.25) is 0 Å². The van der Waals surface area contributed by atoms with Crippen molar-refractivity contribution >= 4 is 5.91 Å². The van der Waals surface area contributed by atoms with E-state index in [1.165, 1.54) is 30.7 Å². The van der Waals surface area contributed by atoms with Crippen molar-refractivity contribution in [2.75, 3.05) is 33.3 Å². The monoisotopic (exact) mass is 294 g/mol. The fourth-order valence-corrected chi connectivity index (χ4v) is 2.59. The van der Waals surface area contributed by atoms with Gasteiger partial charge in [-0.05, 0) is 63.0 Å². The average molecular weight is 294 g/mol. The number of carbonyl (C=O) groups excluding carboxylic acids is 1. The highest BCUT2D eigenvalue weighted by atomic mass is 19.1. The SMILES string of the molecule is CNCCC1CCN(C(=O)COc2ccc(F)cc2)CC1. The highest BCUT2D eigenvalue weighted by Crippen LogP contribution is 2.20. The fourth-order valence-electron chi connectivity index (χ4n) is 2.59. The zero-order chi connectivity index (χ0) is 15.1. The van der Waals surface area contributed by atoms with Crippen LogP contribution in [-0.2, 0) is 4.79 Å². The molecule has 4 nitrogen and oxygen atoms in total. The van der Waals surface area contributed by atoms with E-state index in [1.54, 1.807) is 0 Å². The van der Waals surface area contributed by atoms with Crippen LogP contribution in [-0.4, -0.2) is 44.1 Å². The number of likely N-dealkylation sites (tertiary alicyclic amines) is 1. The van der Waals surface area contributed by atoms with E-state index in [-0.39, 0.29) is 18.3 Å². The van der Waals surface area contributed by atoms with Crippen LogP contribution in [0.4, 0.5) is 4.39 Å². The summed E-state index contributed by atoms with van der Waals surface area (Å²) in [6, 6.07) is 5.72. The summed E-state index contributed by atoms with van der Waals surface area (Å²) in [7, 11) is 1.96. The molecule has 1 aromatic rings. The number of nitrogens with zero attached hydrogens (tertiary/aromatic N) is 1. The Kier molecular flexibility index (Phi) is 5.99. The predicted molar refractivity (Wildman–Crippen MR) is 79.7 cm³/mol. The molecule has 0 unspecified atom stereocenters. The minimum Gasteiger partial charge on any atom is -0.484 e. The Hall–Kier alpha value is -1.62. The number of halogens is 1. The van der Waals surface area contributed by atoms with E-state index in [1.807, 2.05) is 11.9 Å². The molecule has 5 heteroatoms. The van der Waals surface area contributed by atoms with Crippen molar-refractivity contribution in [2.24, 2.45) is 5.92 Å². The number of hydrogen-bond acceptors (Lipinski definition) is 3. The molecular formula is C16H23FN2O2. The molecule has 1 aromatic carbocycles. The number of benzene rings is 1. The van der Waals surface area contributed by atoms with Crippen LogP contribution in [0.25, 0.3) is 0 Å². The number of piperidine rings is 1. The van der Waals surface area contributed by atoms with Crippen LogP contribution >= 0.6 is 0 Å². The van der Waals surface area contributed by atoms with E-state index in [4.69, 9.17) is 4.74 Å². The van der Waals surface area contributed by atoms with Crippen molar-refractivity contribution in [1.29, 1.82) is 0 Å². The maximum absolute atomic E-state index is 12.8. The van der Waals surface area contributed by atoms with Gasteiger partial charge < -0.3 is 15.0 Å². The lowest BCUT2D eigenvalue weighted by Crippen LogP contribution is -2.41. The number of amides is 1. The van der Waals surface area contributed by atoms with E-state index in [9.17, 15) is 9.18 Å². The second-order valence-electron chi connectivity index (χ2n) is 5.46. The van der Waals surface area contributed by atoms with E-state index < -0.39 is 0 Å².